The van der Waals surface area contributed by atoms with Crippen LogP contribution in [0.2, 0.25) is 0 Å². The highest BCUT2D eigenvalue weighted by molar-refractivity contribution is 5.86. The van der Waals surface area contributed by atoms with E-state index in [9.17, 15) is 19.8 Å². The number of rotatable bonds is 14. The lowest BCUT2D eigenvalue weighted by Crippen LogP contribution is -2.28. The van der Waals surface area contributed by atoms with Crippen LogP contribution in [0.25, 0.3) is 11.1 Å². The van der Waals surface area contributed by atoms with Gasteiger partial charge in [-0.2, -0.15) is 0 Å². The fourth-order valence-corrected chi connectivity index (χ4v) is 5.58. The molecule has 4 aromatic rings. The van der Waals surface area contributed by atoms with E-state index in [1.54, 1.807) is 0 Å². The van der Waals surface area contributed by atoms with Gasteiger partial charge >= 0.3 is 11.9 Å². The minimum Gasteiger partial charge on any atom is -0.491 e. The average molecular weight is 607 g/mol. The first-order valence-corrected chi connectivity index (χ1v) is 14.5. The fourth-order valence-electron chi connectivity index (χ4n) is 5.58. The Labute approximate surface area is 261 Å². The third kappa shape index (κ3) is 6.67. The highest BCUT2D eigenvalue weighted by Gasteiger charge is 2.45. The van der Waals surface area contributed by atoms with Crippen LogP contribution in [-0.4, -0.2) is 60.8 Å². The Balaban J connectivity index is 1.43. The molecule has 1 aliphatic rings. The van der Waals surface area contributed by atoms with E-state index >= 15 is 0 Å². The molecule has 230 valence electrons. The zero-order valence-corrected chi connectivity index (χ0v) is 24.6. The van der Waals surface area contributed by atoms with Gasteiger partial charge in [-0.25, -0.2) is 9.59 Å². The smallest absolute Gasteiger partial charge is 0.330 e. The fraction of sp³-hybridized carbons (Fsp3) is 0.189. The zero-order chi connectivity index (χ0) is 31.8. The van der Waals surface area contributed by atoms with Gasteiger partial charge in [0.2, 0.25) is 0 Å². The van der Waals surface area contributed by atoms with Crippen molar-refractivity contribution in [3.8, 4) is 22.6 Å². The molecule has 0 fully saturated rings. The van der Waals surface area contributed by atoms with Crippen molar-refractivity contribution >= 4 is 11.9 Å². The third-order valence-corrected chi connectivity index (χ3v) is 7.58. The van der Waals surface area contributed by atoms with Crippen LogP contribution in [0.15, 0.2) is 122 Å². The number of esters is 2. The lowest BCUT2D eigenvalue weighted by molar-refractivity contribution is -0.142. The van der Waals surface area contributed by atoms with Crippen LogP contribution in [0.1, 0.15) is 22.3 Å². The molecular formula is C37H34O8. The number of carbonyl (C=O) groups is 2. The molecule has 5 rings (SSSR count). The normalized spacial score (nSPS) is 13.8. The SMILES string of the molecule is C=CC(=O)OC[C@@H](O)COc1ccc(C2(c3ccc(OC[C@H](O)COC(=O)C=C)cc3)c3ccccc3-c3ccccc32)cc1. The van der Waals surface area contributed by atoms with Gasteiger partial charge < -0.3 is 29.2 Å². The molecule has 0 bridgehead atoms. The van der Waals surface area contributed by atoms with E-state index < -0.39 is 29.6 Å². The molecule has 0 spiro atoms. The molecule has 45 heavy (non-hydrogen) atoms. The summed E-state index contributed by atoms with van der Waals surface area (Å²) in [5, 5.41) is 20.3. The number of benzene rings is 4. The second-order valence-corrected chi connectivity index (χ2v) is 10.5. The van der Waals surface area contributed by atoms with Crippen LogP contribution >= 0.6 is 0 Å². The van der Waals surface area contributed by atoms with Crippen molar-refractivity contribution in [1.29, 1.82) is 0 Å². The molecule has 0 radical (unpaired) electrons. The highest BCUT2D eigenvalue weighted by Crippen LogP contribution is 2.56. The molecular weight excluding hydrogens is 572 g/mol. The number of hydrogen-bond donors (Lipinski definition) is 2. The summed E-state index contributed by atoms with van der Waals surface area (Å²) in [5.74, 6) is -0.0959. The Bertz CT molecular complexity index is 1530. The van der Waals surface area contributed by atoms with Crippen LogP contribution < -0.4 is 9.47 Å². The van der Waals surface area contributed by atoms with Crippen LogP contribution in [0.3, 0.4) is 0 Å². The van der Waals surface area contributed by atoms with Crippen molar-refractivity contribution in [3.05, 3.63) is 145 Å². The summed E-state index contributed by atoms with van der Waals surface area (Å²) >= 11 is 0. The maximum Gasteiger partial charge on any atom is 0.330 e. The monoisotopic (exact) mass is 606 g/mol. The van der Waals surface area contributed by atoms with E-state index in [0.29, 0.717) is 11.5 Å². The average Bonchev–Trinajstić information content (AvgIpc) is 3.39. The standard InChI is InChI=1S/C37H34O8/c1-3-35(40)44-23-27(38)21-42-29-17-13-25(14-18-29)37(33-11-7-5-9-31(33)32-10-6-8-12-34(32)37)26-15-19-30(20-16-26)43-22-28(39)24-45-36(41)4-2/h3-20,27-28,38-39H,1-2,21-24H2/t27-,28-/m0/s1. The van der Waals surface area contributed by atoms with E-state index in [1.165, 1.54) is 0 Å². The van der Waals surface area contributed by atoms with Crippen molar-refractivity contribution in [3.63, 3.8) is 0 Å². The Morgan fingerprint density at radius 1 is 0.600 bits per heavy atom. The van der Waals surface area contributed by atoms with Gasteiger partial charge in [0.1, 0.15) is 50.1 Å². The van der Waals surface area contributed by atoms with E-state index in [1.807, 2.05) is 72.8 Å². The van der Waals surface area contributed by atoms with E-state index in [4.69, 9.17) is 18.9 Å². The Hall–Kier alpha value is -5.18. The molecule has 1 aliphatic carbocycles. The molecule has 8 heteroatoms. The maximum atomic E-state index is 11.3. The van der Waals surface area contributed by atoms with Gasteiger partial charge in [0.25, 0.3) is 0 Å². The Morgan fingerprint density at radius 2 is 0.978 bits per heavy atom. The summed E-state index contributed by atoms with van der Waals surface area (Å²) in [7, 11) is 0. The summed E-state index contributed by atoms with van der Waals surface area (Å²) in [6.45, 7) is 6.20. The summed E-state index contributed by atoms with van der Waals surface area (Å²) in [6.07, 6.45) is 0.104. The van der Waals surface area contributed by atoms with Gasteiger partial charge in [0.15, 0.2) is 0 Å². The molecule has 0 heterocycles. The first kappa shape index (κ1) is 31.3. The molecule has 0 unspecified atom stereocenters. The number of ether oxygens (including phenoxy) is 4. The molecule has 0 saturated heterocycles. The quantitative estimate of drug-likeness (QED) is 0.134. The van der Waals surface area contributed by atoms with Gasteiger partial charge in [0.05, 0.1) is 5.41 Å². The van der Waals surface area contributed by atoms with E-state index in [0.717, 1.165) is 45.5 Å². The van der Waals surface area contributed by atoms with Crippen molar-refractivity contribution in [2.75, 3.05) is 26.4 Å². The molecule has 4 aromatic carbocycles. The minimum absolute atomic E-state index is 0.0482. The highest BCUT2D eigenvalue weighted by atomic mass is 16.6. The molecule has 0 saturated carbocycles. The van der Waals surface area contributed by atoms with Gasteiger partial charge in [-0.3, -0.25) is 0 Å². The Morgan fingerprint density at radius 3 is 1.36 bits per heavy atom. The van der Waals surface area contributed by atoms with Gasteiger partial charge in [-0.15, -0.1) is 0 Å². The van der Waals surface area contributed by atoms with Crippen molar-refractivity contribution in [2.45, 2.75) is 17.6 Å². The molecule has 0 aromatic heterocycles. The van der Waals surface area contributed by atoms with Gasteiger partial charge in [-0.1, -0.05) is 86.0 Å². The number of fused-ring (bicyclic) bond motifs is 3. The van der Waals surface area contributed by atoms with Crippen LogP contribution in [0.4, 0.5) is 0 Å². The van der Waals surface area contributed by atoms with Crippen molar-refractivity contribution < 1.29 is 38.7 Å². The second kappa shape index (κ2) is 14.1. The minimum atomic E-state index is -0.988. The first-order valence-electron chi connectivity index (χ1n) is 14.5. The summed E-state index contributed by atoms with van der Waals surface area (Å²) in [5.41, 5.74) is 5.92. The third-order valence-electron chi connectivity index (χ3n) is 7.58. The first-order chi connectivity index (χ1) is 21.9. The molecule has 8 nitrogen and oxygen atoms in total. The number of hydrogen-bond acceptors (Lipinski definition) is 8. The molecule has 0 aliphatic heterocycles. The van der Waals surface area contributed by atoms with E-state index in [-0.39, 0.29) is 26.4 Å². The molecule has 2 atom stereocenters. The lowest BCUT2D eigenvalue weighted by Gasteiger charge is -2.34. The van der Waals surface area contributed by atoms with Gasteiger partial charge in [-0.05, 0) is 57.6 Å². The summed E-state index contributed by atoms with van der Waals surface area (Å²) in [4.78, 5) is 22.6. The zero-order valence-electron chi connectivity index (χ0n) is 24.6. The van der Waals surface area contributed by atoms with Gasteiger partial charge in [0, 0.05) is 12.2 Å². The lowest BCUT2D eigenvalue weighted by atomic mass is 9.68. The summed E-state index contributed by atoms with van der Waals surface area (Å²) < 4.78 is 21.4. The second-order valence-electron chi connectivity index (χ2n) is 10.5. The predicted octanol–water partition coefficient (Wildman–Crippen LogP) is 4.99. The molecule has 0 amide bonds. The Kier molecular flexibility index (Phi) is 9.77. The van der Waals surface area contributed by atoms with Crippen LogP contribution in [0, 0.1) is 0 Å². The number of aliphatic hydroxyl groups excluding tert-OH is 2. The van der Waals surface area contributed by atoms with E-state index in [2.05, 4.69) is 37.4 Å². The van der Waals surface area contributed by atoms with Crippen molar-refractivity contribution in [1.82, 2.24) is 0 Å². The molecule has 2 N–H and O–H groups in total. The summed E-state index contributed by atoms with van der Waals surface area (Å²) in [6, 6.07) is 32.2. The topological polar surface area (TPSA) is 112 Å². The van der Waals surface area contributed by atoms with Crippen LogP contribution in [0.5, 0.6) is 11.5 Å². The predicted molar refractivity (Wildman–Crippen MR) is 169 cm³/mol. The van der Waals surface area contributed by atoms with Crippen LogP contribution in [-0.2, 0) is 24.5 Å². The number of aliphatic hydroxyl groups is 2. The largest absolute Gasteiger partial charge is 0.491 e. The maximum absolute atomic E-state index is 11.3. The van der Waals surface area contributed by atoms with Crippen molar-refractivity contribution in [2.24, 2.45) is 0 Å². The number of carbonyl (C=O) groups excluding carboxylic acids is 2.